The van der Waals surface area contributed by atoms with E-state index >= 15 is 0 Å². The molecule has 0 amide bonds. The van der Waals surface area contributed by atoms with Gasteiger partial charge in [0.05, 0.1) is 9.26 Å². The summed E-state index contributed by atoms with van der Waals surface area (Å²) in [6.07, 6.45) is 4.18. The number of carbonyl (C=O) groups excluding carboxylic acids is 1. The number of hydrogen-bond acceptors (Lipinski definition) is 3. The summed E-state index contributed by atoms with van der Waals surface area (Å²) in [6, 6.07) is 0. The molecule has 1 aromatic rings. The Morgan fingerprint density at radius 1 is 1.67 bits per heavy atom. The fraction of sp³-hybridized carbons (Fsp3) is 0.375. The zero-order valence-corrected chi connectivity index (χ0v) is 8.91. The topological polar surface area (TPSA) is 42.9 Å². The molecule has 3 nitrogen and oxygen atoms in total. The predicted molar refractivity (Wildman–Crippen MR) is 53.8 cm³/mol. The maximum atomic E-state index is 11.1. The van der Waals surface area contributed by atoms with Crippen LogP contribution in [0.5, 0.6) is 0 Å². The Bertz CT molecular complexity index is 288. The van der Waals surface area contributed by atoms with Crippen LogP contribution in [0.25, 0.3) is 0 Å². The number of rotatable bonds is 3. The molecule has 0 aliphatic heterocycles. The molecule has 0 N–H and O–H groups in total. The van der Waals surface area contributed by atoms with Gasteiger partial charge in [-0.1, -0.05) is 6.92 Å². The highest BCUT2D eigenvalue weighted by molar-refractivity contribution is 14.1. The minimum atomic E-state index is 0.214. The maximum absolute atomic E-state index is 11.1. The van der Waals surface area contributed by atoms with Gasteiger partial charge in [-0.15, -0.1) is 0 Å². The molecule has 1 aromatic heterocycles. The van der Waals surface area contributed by atoms with E-state index in [1.165, 1.54) is 6.33 Å². The molecule has 0 aliphatic carbocycles. The Kier molecular flexibility index (Phi) is 3.58. The van der Waals surface area contributed by atoms with Crippen molar-refractivity contribution in [2.75, 3.05) is 0 Å². The molecule has 0 fully saturated rings. The first kappa shape index (κ1) is 9.57. The van der Waals surface area contributed by atoms with Crippen molar-refractivity contribution < 1.29 is 4.79 Å². The Hall–Kier alpha value is -0.520. The Morgan fingerprint density at radius 3 is 3.00 bits per heavy atom. The van der Waals surface area contributed by atoms with Gasteiger partial charge in [0.1, 0.15) is 12.1 Å². The summed E-state index contributed by atoms with van der Waals surface area (Å²) in [5.74, 6) is 0.214. The van der Waals surface area contributed by atoms with Crippen LogP contribution in [0, 0.1) is 3.57 Å². The highest BCUT2D eigenvalue weighted by Crippen LogP contribution is 2.08. The SMILES string of the molecule is CCC(=O)Cc1ncncc1I. The second-order valence-electron chi connectivity index (χ2n) is 2.39. The van der Waals surface area contributed by atoms with E-state index in [-0.39, 0.29) is 5.78 Å². The molecule has 0 spiro atoms. The fourth-order valence-corrected chi connectivity index (χ4v) is 1.27. The van der Waals surface area contributed by atoms with Gasteiger partial charge in [-0.25, -0.2) is 9.97 Å². The van der Waals surface area contributed by atoms with Crippen LogP contribution in [0.4, 0.5) is 0 Å². The summed E-state index contributed by atoms with van der Waals surface area (Å²) in [5, 5.41) is 0. The van der Waals surface area contributed by atoms with Crippen molar-refractivity contribution in [3.8, 4) is 0 Å². The van der Waals surface area contributed by atoms with Gasteiger partial charge in [-0.05, 0) is 22.6 Å². The van der Waals surface area contributed by atoms with E-state index in [0.717, 1.165) is 9.26 Å². The maximum Gasteiger partial charge on any atom is 0.138 e. The number of carbonyl (C=O) groups is 1. The summed E-state index contributed by atoms with van der Waals surface area (Å²) in [6.45, 7) is 1.86. The molecule has 0 saturated carbocycles. The van der Waals surface area contributed by atoms with Crippen molar-refractivity contribution in [3.63, 3.8) is 0 Å². The van der Waals surface area contributed by atoms with Gasteiger partial charge >= 0.3 is 0 Å². The first-order valence-electron chi connectivity index (χ1n) is 3.70. The van der Waals surface area contributed by atoms with E-state index in [2.05, 4.69) is 32.6 Å². The molecule has 64 valence electrons. The molecule has 12 heavy (non-hydrogen) atoms. The molecule has 0 unspecified atom stereocenters. The molecule has 4 heteroatoms. The smallest absolute Gasteiger partial charge is 0.138 e. The zero-order valence-electron chi connectivity index (χ0n) is 6.75. The van der Waals surface area contributed by atoms with Crippen LogP contribution in [-0.4, -0.2) is 15.8 Å². The second-order valence-corrected chi connectivity index (χ2v) is 3.55. The summed E-state index contributed by atoms with van der Waals surface area (Å²) < 4.78 is 0.955. The third-order valence-electron chi connectivity index (χ3n) is 1.50. The van der Waals surface area contributed by atoms with Crippen molar-refractivity contribution in [3.05, 3.63) is 21.8 Å². The van der Waals surface area contributed by atoms with E-state index in [1.54, 1.807) is 6.20 Å². The molecule has 0 aliphatic rings. The molecule has 0 atom stereocenters. The number of aromatic nitrogens is 2. The summed E-state index contributed by atoms with van der Waals surface area (Å²) in [5.41, 5.74) is 0.831. The average molecular weight is 276 g/mol. The van der Waals surface area contributed by atoms with Crippen LogP contribution in [0.15, 0.2) is 12.5 Å². The van der Waals surface area contributed by atoms with Gasteiger partial charge in [0.15, 0.2) is 0 Å². The van der Waals surface area contributed by atoms with Gasteiger partial charge in [0.2, 0.25) is 0 Å². The van der Waals surface area contributed by atoms with Crippen molar-refractivity contribution in [2.45, 2.75) is 19.8 Å². The standard InChI is InChI=1S/C8H9IN2O/c1-2-6(12)3-8-7(9)4-10-5-11-8/h4-5H,2-3H2,1H3. The van der Waals surface area contributed by atoms with Crippen molar-refractivity contribution in [1.82, 2.24) is 9.97 Å². The average Bonchev–Trinajstić information content (AvgIpc) is 2.09. The predicted octanol–water partition coefficient (Wildman–Crippen LogP) is 1.60. The first-order valence-corrected chi connectivity index (χ1v) is 4.78. The molecule has 0 radical (unpaired) electrons. The van der Waals surface area contributed by atoms with Crippen LogP contribution >= 0.6 is 22.6 Å². The second kappa shape index (κ2) is 4.49. The lowest BCUT2D eigenvalue weighted by Crippen LogP contribution is -2.04. The summed E-state index contributed by atoms with van der Waals surface area (Å²) in [7, 11) is 0. The third-order valence-corrected chi connectivity index (χ3v) is 2.40. The minimum absolute atomic E-state index is 0.214. The van der Waals surface area contributed by atoms with E-state index in [1.807, 2.05) is 6.92 Å². The van der Waals surface area contributed by atoms with E-state index in [9.17, 15) is 4.79 Å². The van der Waals surface area contributed by atoms with Gasteiger partial charge in [0, 0.05) is 19.0 Å². The summed E-state index contributed by atoms with van der Waals surface area (Å²) in [4.78, 5) is 18.9. The quantitative estimate of drug-likeness (QED) is 0.787. The number of halogens is 1. The van der Waals surface area contributed by atoms with Crippen LogP contribution in [0.3, 0.4) is 0 Å². The Labute approximate surface area is 84.8 Å². The summed E-state index contributed by atoms with van der Waals surface area (Å²) >= 11 is 2.13. The van der Waals surface area contributed by atoms with Crippen molar-refractivity contribution >= 4 is 28.4 Å². The molecule has 0 bridgehead atoms. The highest BCUT2D eigenvalue weighted by Gasteiger charge is 2.05. The third kappa shape index (κ3) is 2.51. The highest BCUT2D eigenvalue weighted by atomic mass is 127. The van der Waals surface area contributed by atoms with Crippen LogP contribution in [0.1, 0.15) is 19.0 Å². The van der Waals surface area contributed by atoms with E-state index in [4.69, 9.17) is 0 Å². The zero-order chi connectivity index (χ0) is 8.97. The lowest BCUT2D eigenvalue weighted by atomic mass is 10.2. The Balaban J connectivity index is 2.75. The molecular formula is C8H9IN2O. The van der Waals surface area contributed by atoms with Crippen LogP contribution in [-0.2, 0) is 11.2 Å². The van der Waals surface area contributed by atoms with Gasteiger partial charge in [-0.2, -0.15) is 0 Å². The Morgan fingerprint density at radius 2 is 2.42 bits per heavy atom. The number of Topliss-reactive ketones (excluding diaryl/α,β-unsaturated/α-hetero) is 1. The number of ketones is 1. The fourth-order valence-electron chi connectivity index (χ4n) is 0.780. The molecule has 0 saturated heterocycles. The van der Waals surface area contributed by atoms with Gasteiger partial charge in [0.25, 0.3) is 0 Å². The number of nitrogens with zero attached hydrogens (tertiary/aromatic N) is 2. The number of hydrogen-bond donors (Lipinski definition) is 0. The van der Waals surface area contributed by atoms with Crippen LogP contribution in [0.2, 0.25) is 0 Å². The van der Waals surface area contributed by atoms with Crippen molar-refractivity contribution in [1.29, 1.82) is 0 Å². The van der Waals surface area contributed by atoms with Crippen molar-refractivity contribution in [2.24, 2.45) is 0 Å². The lowest BCUT2D eigenvalue weighted by Gasteiger charge is -1.99. The molecule has 1 heterocycles. The van der Waals surface area contributed by atoms with Gasteiger partial charge < -0.3 is 0 Å². The minimum Gasteiger partial charge on any atom is -0.299 e. The molecule has 0 aromatic carbocycles. The normalized spacial score (nSPS) is 9.83. The van der Waals surface area contributed by atoms with Crippen LogP contribution < -0.4 is 0 Å². The largest absolute Gasteiger partial charge is 0.299 e. The van der Waals surface area contributed by atoms with E-state index in [0.29, 0.717) is 12.8 Å². The van der Waals surface area contributed by atoms with Gasteiger partial charge in [-0.3, -0.25) is 4.79 Å². The first-order chi connectivity index (χ1) is 5.74. The molecular weight excluding hydrogens is 267 g/mol. The monoisotopic (exact) mass is 276 g/mol. The lowest BCUT2D eigenvalue weighted by molar-refractivity contribution is -0.118. The van der Waals surface area contributed by atoms with E-state index < -0.39 is 0 Å². The molecule has 1 rings (SSSR count).